The first-order valence-electron chi connectivity index (χ1n) is 9.09. The van der Waals surface area contributed by atoms with E-state index in [0.717, 1.165) is 28.0 Å². The number of hydrogen-bond donors (Lipinski definition) is 2. The van der Waals surface area contributed by atoms with Crippen LogP contribution in [-0.2, 0) is 24.8 Å². The molecule has 3 aromatic rings. The maximum Gasteiger partial charge on any atom is 0.293 e. The van der Waals surface area contributed by atoms with Crippen LogP contribution in [0.1, 0.15) is 0 Å². The monoisotopic (exact) mass is 576 g/mol. The van der Waals surface area contributed by atoms with E-state index in [1.165, 1.54) is 18.2 Å². The number of anilines is 2. The van der Waals surface area contributed by atoms with Gasteiger partial charge in [-0.05, 0) is 48.2 Å². The predicted octanol–water partition coefficient (Wildman–Crippen LogP) is 3.95. The van der Waals surface area contributed by atoms with Crippen LogP contribution >= 0.6 is 46.3 Å². The predicted molar refractivity (Wildman–Crippen MR) is 133 cm³/mol. The van der Waals surface area contributed by atoms with Crippen LogP contribution in [0.15, 0.2) is 56.4 Å². The number of thioether (sulfide) groups is 1. The highest BCUT2D eigenvalue weighted by Gasteiger charge is 2.45. The largest absolute Gasteiger partial charge is 0.509 e. The molecule has 0 unspecified atom stereocenters. The number of halogens is 2. The Morgan fingerprint density at radius 1 is 1.15 bits per heavy atom. The molecule has 0 saturated heterocycles. The molecule has 0 bridgehead atoms. The fourth-order valence-electron chi connectivity index (χ4n) is 3.25. The van der Waals surface area contributed by atoms with E-state index in [1.54, 1.807) is 18.2 Å². The Hall–Kier alpha value is -2.36. The molecule has 0 fully saturated rings. The van der Waals surface area contributed by atoms with Crippen LogP contribution in [0.4, 0.5) is 10.8 Å². The zero-order chi connectivity index (χ0) is 24.4. The fraction of sp³-hybridized carbons (Fsp3) is 0.0556. The van der Waals surface area contributed by atoms with Gasteiger partial charge in [0.15, 0.2) is 15.2 Å². The molecule has 2 N–H and O–H groups in total. The number of aliphatic hydroxyl groups is 1. The van der Waals surface area contributed by atoms with Gasteiger partial charge in [-0.15, -0.1) is 4.40 Å². The molecule has 176 valence electrons. The van der Waals surface area contributed by atoms with Crippen LogP contribution < -0.4 is 9.62 Å². The third kappa shape index (κ3) is 4.14. The topological polar surface area (TPSA) is 146 Å². The number of rotatable bonds is 4. The Labute approximate surface area is 211 Å². The van der Waals surface area contributed by atoms with Crippen LogP contribution in [0.3, 0.4) is 0 Å². The zero-order valence-electron chi connectivity index (χ0n) is 16.4. The van der Waals surface area contributed by atoms with Gasteiger partial charge in [0.1, 0.15) is 11.5 Å². The van der Waals surface area contributed by atoms with Gasteiger partial charge in [0.25, 0.3) is 15.9 Å². The summed E-state index contributed by atoms with van der Waals surface area (Å²) in [6, 6.07) is 9.33. The first-order chi connectivity index (χ1) is 15.9. The summed E-state index contributed by atoms with van der Waals surface area (Å²) in [4.78, 5) is 17.5. The van der Waals surface area contributed by atoms with Crippen molar-refractivity contribution in [3.8, 4) is 0 Å². The summed E-state index contributed by atoms with van der Waals surface area (Å²) in [5.74, 6) is -3.48. The number of aromatic nitrogens is 1. The number of nitrogens with one attached hydrogen (secondary N) is 1. The number of hydrogen-bond acceptors (Lipinski definition) is 9. The summed E-state index contributed by atoms with van der Waals surface area (Å²) in [5, 5.41) is 11.1. The van der Waals surface area contributed by atoms with Crippen LogP contribution in [0, 0.1) is 0 Å². The molecule has 3 heterocycles. The average Bonchev–Trinajstić information content (AvgIpc) is 3.24. The summed E-state index contributed by atoms with van der Waals surface area (Å²) in [6.45, 7) is 0. The van der Waals surface area contributed by atoms with E-state index in [4.69, 9.17) is 23.2 Å². The van der Waals surface area contributed by atoms with E-state index in [1.807, 2.05) is 0 Å². The highest BCUT2D eigenvalue weighted by molar-refractivity contribution is 8.16. The van der Waals surface area contributed by atoms with Gasteiger partial charge in [-0.2, -0.15) is 8.42 Å². The summed E-state index contributed by atoms with van der Waals surface area (Å²) >= 11 is 13.8. The fourth-order valence-corrected chi connectivity index (χ4v) is 8.43. The van der Waals surface area contributed by atoms with Crippen molar-refractivity contribution < 1.29 is 26.7 Å². The van der Waals surface area contributed by atoms with Gasteiger partial charge in [0.05, 0.1) is 15.9 Å². The van der Waals surface area contributed by atoms with Crippen LogP contribution in [-0.4, -0.2) is 43.8 Å². The lowest BCUT2D eigenvalue weighted by Crippen LogP contribution is -2.41. The maximum absolute atomic E-state index is 13.1. The van der Waals surface area contributed by atoms with Gasteiger partial charge in [0, 0.05) is 14.9 Å². The van der Waals surface area contributed by atoms with E-state index in [2.05, 4.69) is 14.1 Å². The van der Waals surface area contributed by atoms with E-state index >= 15 is 0 Å². The van der Waals surface area contributed by atoms with Crippen molar-refractivity contribution in [3.63, 3.8) is 0 Å². The number of sulfonamides is 2. The molecular formula is C18H10Cl2N4O6S4. The first-order valence-corrected chi connectivity index (χ1v) is 14.6. The number of aliphatic hydroxyl groups excluding tert-OH is 1. The summed E-state index contributed by atoms with van der Waals surface area (Å²) in [7, 11) is -9.02. The standard InChI is InChI=1S/C18H10Cl2N4O6S4/c19-8-1-3-10-13(5-8)31-17(21-10)22-33(27,28)7-12(25)15-16(26)24-11-4-2-9(20)6-14(11)32-18(24)23-34(15,29)30/h1-6,25H,7H2,(H,21,22)/b15-12+. The van der Waals surface area contributed by atoms with Crippen molar-refractivity contribution in [1.82, 2.24) is 4.98 Å². The number of carbonyl (C=O) groups excluding carboxylic acids is 1. The van der Waals surface area contributed by atoms with Crippen molar-refractivity contribution in [2.75, 3.05) is 15.4 Å². The van der Waals surface area contributed by atoms with Crippen LogP contribution in [0.5, 0.6) is 0 Å². The Kier molecular flexibility index (Phi) is 5.57. The first kappa shape index (κ1) is 23.4. The molecule has 0 radical (unpaired) electrons. The minimum absolute atomic E-state index is 0.0186. The van der Waals surface area contributed by atoms with Crippen molar-refractivity contribution in [1.29, 1.82) is 0 Å². The molecule has 34 heavy (non-hydrogen) atoms. The number of thiazole rings is 1. The minimum atomic E-state index is -4.67. The molecule has 16 heteroatoms. The maximum atomic E-state index is 13.1. The molecule has 2 aliphatic heterocycles. The third-order valence-electron chi connectivity index (χ3n) is 4.59. The SMILES string of the molecule is O=C1/C(=C(\O)CS(=O)(=O)Nc2nc3ccc(Cl)cc3s2)S(=O)(=O)N=C2Sc3cc(Cl)ccc3N12. The molecule has 1 amide bonds. The van der Waals surface area contributed by atoms with Crippen LogP contribution in [0.2, 0.25) is 10.0 Å². The number of fused-ring (bicyclic) bond motifs is 4. The molecule has 2 aromatic carbocycles. The lowest BCUT2D eigenvalue weighted by atomic mass is 10.3. The van der Waals surface area contributed by atoms with Crippen molar-refractivity contribution in [2.24, 2.45) is 4.40 Å². The van der Waals surface area contributed by atoms with Crippen molar-refractivity contribution in [2.45, 2.75) is 4.90 Å². The van der Waals surface area contributed by atoms with Gasteiger partial charge in [-0.25, -0.2) is 13.4 Å². The normalized spacial score (nSPS) is 18.5. The van der Waals surface area contributed by atoms with E-state index in [-0.39, 0.29) is 10.3 Å². The van der Waals surface area contributed by atoms with Gasteiger partial charge in [-0.3, -0.25) is 14.4 Å². The van der Waals surface area contributed by atoms with Crippen molar-refractivity contribution in [3.05, 3.63) is 57.1 Å². The molecule has 5 rings (SSSR count). The molecule has 0 atom stereocenters. The van der Waals surface area contributed by atoms with Gasteiger partial charge >= 0.3 is 0 Å². The summed E-state index contributed by atoms with van der Waals surface area (Å²) in [5.41, 5.74) is 0.805. The zero-order valence-corrected chi connectivity index (χ0v) is 21.2. The molecule has 0 saturated carbocycles. The Morgan fingerprint density at radius 2 is 1.85 bits per heavy atom. The van der Waals surface area contributed by atoms with Crippen molar-refractivity contribution >= 4 is 98.5 Å². The lowest BCUT2D eigenvalue weighted by molar-refractivity contribution is -0.113. The molecule has 10 nitrogen and oxygen atoms in total. The number of amides is 1. The van der Waals surface area contributed by atoms with Gasteiger partial charge in [-0.1, -0.05) is 34.5 Å². The second kappa shape index (κ2) is 8.10. The second-order valence-corrected chi connectivity index (χ2v) is 13.1. The Bertz CT molecular complexity index is 1680. The summed E-state index contributed by atoms with van der Waals surface area (Å²) in [6.07, 6.45) is 0. The van der Waals surface area contributed by atoms with Crippen LogP contribution in [0.25, 0.3) is 10.2 Å². The molecule has 0 spiro atoms. The second-order valence-electron chi connectivity index (χ2n) is 6.97. The molecule has 0 aliphatic carbocycles. The smallest absolute Gasteiger partial charge is 0.293 e. The quantitative estimate of drug-likeness (QED) is 0.350. The molecular weight excluding hydrogens is 567 g/mol. The average molecular weight is 577 g/mol. The van der Waals surface area contributed by atoms with E-state index < -0.39 is 42.4 Å². The highest BCUT2D eigenvalue weighted by atomic mass is 35.5. The number of carbonyl (C=O) groups is 1. The third-order valence-corrected chi connectivity index (χ3v) is 9.74. The Morgan fingerprint density at radius 3 is 2.62 bits per heavy atom. The van der Waals surface area contributed by atoms with Gasteiger partial charge in [0.2, 0.25) is 10.0 Å². The lowest BCUT2D eigenvalue weighted by Gasteiger charge is -2.22. The Balaban J connectivity index is 1.48. The number of nitrogens with zero attached hydrogens (tertiary/aromatic N) is 3. The van der Waals surface area contributed by atoms with E-state index in [9.17, 15) is 26.7 Å². The molecule has 1 aromatic heterocycles. The summed E-state index contributed by atoms with van der Waals surface area (Å²) < 4.78 is 57.0. The van der Waals surface area contributed by atoms with Gasteiger partial charge < -0.3 is 5.11 Å². The molecule has 2 aliphatic rings. The number of benzene rings is 2. The highest BCUT2D eigenvalue weighted by Crippen LogP contribution is 2.45. The number of amidine groups is 1. The van der Waals surface area contributed by atoms with E-state index in [0.29, 0.717) is 30.8 Å². The minimum Gasteiger partial charge on any atom is -0.509 e.